The van der Waals surface area contributed by atoms with E-state index in [1.54, 1.807) is 13.0 Å². The summed E-state index contributed by atoms with van der Waals surface area (Å²) in [6, 6.07) is 9.75. The van der Waals surface area contributed by atoms with Crippen LogP contribution in [-0.4, -0.2) is 17.6 Å². The van der Waals surface area contributed by atoms with Crippen molar-refractivity contribution in [2.75, 3.05) is 17.2 Å². The van der Waals surface area contributed by atoms with E-state index in [0.29, 0.717) is 17.5 Å². The van der Waals surface area contributed by atoms with Crippen LogP contribution in [0.2, 0.25) is 0 Å². The molecule has 5 heteroatoms. The van der Waals surface area contributed by atoms with Gasteiger partial charge < -0.3 is 15.2 Å². The van der Waals surface area contributed by atoms with Gasteiger partial charge in [-0.3, -0.25) is 4.79 Å². The molecule has 1 aromatic heterocycles. The summed E-state index contributed by atoms with van der Waals surface area (Å²) in [5.41, 5.74) is 2.19. The third-order valence-electron chi connectivity index (χ3n) is 2.93. The summed E-state index contributed by atoms with van der Waals surface area (Å²) in [5.74, 6) is 1.44. The highest BCUT2D eigenvalue weighted by Crippen LogP contribution is 2.17. The van der Waals surface area contributed by atoms with Gasteiger partial charge in [-0.25, -0.2) is 0 Å². The number of carbonyl (C=O) groups is 1. The van der Waals surface area contributed by atoms with Gasteiger partial charge >= 0.3 is 0 Å². The predicted molar refractivity (Wildman–Crippen MR) is 78.9 cm³/mol. The fourth-order valence-electron chi connectivity index (χ4n) is 1.78. The Hall–Kier alpha value is -2.30. The average Bonchev–Trinajstić information content (AvgIpc) is 2.82. The number of amides is 1. The Morgan fingerprint density at radius 2 is 2.00 bits per heavy atom. The van der Waals surface area contributed by atoms with E-state index >= 15 is 0 Å². The van der Waals surface area contributed by atoms with Crippen molar-refractivity contribution in [1.29, 1.82) is 0 Å². The topological polar surface area (TPSA) is 67.2 Å². The summed E-state index contributed by atoms with van der Waals surface area (Å²) in [4.78, 5) is 11.7. The number of anilines is 2. The molecular formula is C15H19N3O2. The van der Waals surface area contributed by atoms with Crippen molar-refractivity contribution >= 4 is 17.4 Å². The number of hydrogen-bond acceptors (Lipinski definition) is 4. The Balaban J connectivity index is 1.83. The second-order valence-electron chi connectivity index (χ2n) is 5.00. The predicted octanol–water partition coefficient (Wildman–Crippen LogP) is 3.16. The van der Waals surface area contributed by atoms with Crippen molar-refractivity contribution in [3.8, 4) is 0 Å². The minimum atomic E-state index is -0.161. The highest BCUT2D eigenvalue weighted by Gasteiger charge is 2.06. The van der Waals surface area contributed by atoms with E-state index < -0.39 is 0 Å². The zero-order valence-corrected chi connectivity index (χ0v) is 11.9. The summed E-state index contributed by atoms with van der Waals surface area (Å²) in [6.45, 7) is 6.26. The van der Waals surface area contributed by atoms with Gasteiger partial charge in [0.1, 0.15) is 5.76 Å². The van der Waals surface area contributed by atoms with Crippen LogP contribution in [0.5, 0.6) is 0 Å². The molecule has 1 aromatic carbocycles. The first-order valence-electron chi connectivity index (χ1n) is 6.61. The summed E-state index contributed by atoms with van der Waals surface area (Å²) < 4.78 is 4.88. The molecule has 106 valence electrons. The molecular weight excluding hydrogens is 254 g/mol. The maximum atomic E-state index is 11.7. The minimum Gasteiger partial charge on any atom is -0.376 e. The van der Waals surface area contributed by atoms with Crippen LogP contribution in [0.25, 0.3) is 0 Å². The van der Waals surface area contributed by atoms with Crippen LogP contribution in [0.1, 0.15) is 31.1 Å². The van der Waals surface area contributed by atoms with Gasteiger partial charge in [-0.2, -0.15) is 0 Å². The zero-order valence-electron chi connectivity index (χ0n) is 11.9. The van der Waals surface area contributed by atoms with Crippen molar-refractivity contribution in [3.05, 3.63) is 41.7 Å². The number of aryl methyl sites for hydroxylation is 1. The molecule has 0 bridgehead atoms. The average molecular weight is 273 g/mol. The van der Waals surface area contributed by atoms with Gasteiger partial charge in [0, 0.05) is 11.8 Å². The van der Waals surface area contributed by atoms with Crippen LogP contribution in [0, 0.1) is 6.92 Å². The molecule has 20 heavy (non-hydrogen) atoms. The van der Waals surface area contributed by atoms with Gasteiger partial charge in [0.25, 0.3) is 0 Å². The monoisotopic (exact) mass is 273 g/mol. The first-order chi connectivity index (χ1) is 9.54. The van der Waals surface area contributed by atoms with Gasteiger partial charge in [-0.1, -0.05) is 31.1 Å². The molecule has 0 saturated heterocycles. The third-order valence-corrected chi connectivity index (χ3v) is 2.93. The third kappa shape index (κ3) is 3.85. The van der Waals surface area contributed by atoms with Crippen molar-refractivity contribution in [1.82, 2.24) is 5.16 Å². The summed E-state index contributed by atoms with van der Waals surface area (Å²) in [6.07, 6.45) is 0. The fraction of sp³-hybridized carbons (Fsp3) is 0.333. The van der Waals surface area contributed by atoms with Crippen molar-refractivity contribution in [3.63, 3.8) is 0 Å². The Bertz CT molecular complexity index is 573. The van der Waals surface area contributed by atoms with Crippen LogP contribution < -0.4 is 10.6 Å². The van der Waals surface area contributed by atoms with Crippen LogP contribution in [-0.2, 0) is 4.79 Å². The van der Waals surface area contributed by atoms with Gasteiger partial charge in [0.2, 0.25) is 5.91 Å². The van der Waals surface area contributed by atoms with Crippen molar-refractivity contribution < 1.29 is 9.32 Å². The Labute approximate surface area is 118 Å². The first kappa shape index (κ1) is 14.1. The molecule has 2 aromatic rings. The maximum absolute atomic E-state index is 11.7. The van der Waals surface area contributed by atoms with Crippen LogP contribution in [0.4, 0.5) is 11.5 Å². The molecule has 0 aliphatic heterocycles. The van der Waals surface area contributed by atoms with E-state index in [0.717, 1.165) is 5.69 Å². The molecule has 1 amide bonds. The minimum absolute atomic E-state index is 0.161. The number of nitrogens with zero attached hydrogens (tertiary/aromatic N) is 1. The van der Waals surface area contributed by atoms with E-state index in [-0.39, 0.29) is 12.5 Å². The number of benzene rings is 1. The molecule has 0 atom stereocenters. The van der Waals surface area contributed by atoms with Crippen LogP contribution in [0.3, 0.4) is 0 Å². The first-order valence-corrected chi connectivity index (χ1v) is 6.61. The standard InChI is InChI=1S/C15H19N3O2/c1-10(2)12-4-6-13(7-5-12)16-9-15(19)17-14-8-11(3)20-18-14/h4-8,10,16H,9H2,1-3H3,(H,17,18,19). The van der Waals surface area contributed by atoms with Crippen LogP contribution in [0.15, 0.2) is 34.9 Å². The molecule has 0 aliphatic rings. The molecule has 0 spiro atoms. The van der Waals surface area contributed by atoms with Crippen molar-refractivity contribution in [2.24, 2.45) is 0 Å². The molecule has 0 radical (unpaired) electrons. The normalized spacial score (nSPS) is 10.6. The lowest BCUT2D eigenvalue weighted by atomic mass is 10.0. The smallest absolute Gasteiger partial charge is 0.244 e. The lowest BCUT2D eigenvalue weighted by Crippen LogP contribution is -2.21. The quantitative estimate of drug-likeness (QED) is 0.878. The molecule has 5 nitrogen and oxygen atoms in total. The highest BCUT2D eigenvalue weighted by atomic mass is 16.5. The van der Waals surface area contributed by atoms with E-state index in [1.807, 2.05) is 12.1 Å². The molecule has 2 rings (SSSR count). The zero-order chi connectivity index (χ0) is 14.5. The SMILES string of the molecule is Cc1cc(NC(=O)CNc2ccc(C(C)C)cc2)no1. The van der Waals surface area contributed by atoms with E-state index in [4.69, 9.17) is 4.52 Å². The van der Waals surface area contributed by atoms with E-state index in [2.05, 4.69) is 41.8 Å². The van der Waals surface area contributed by atoms with Crippen LogP contribution >= 0.6 is 0 Å². The fourth-order valence-corrected chi connectivity index (χ4v) is 1.78. The number of carbonyl (C=O) groups excluding carboxylic acids is 1. The summed E-state index contributed by atoms with van der Waals surface area (Å²) in [7, 11) is 0. The lowest BCUT2D eigenvalue weighted by molar-refractivity contribution is -0.114. The van der Waals surface area contributed by atoms with Gasteiger partial charge in [-0.05, 0) is 30.5 Å². The summed E-state index contributed by atoms with van der Waals surface area (Å²) in [5, 5.41) is 9.43. The number of hydrogen-bond donors (Lipinski definition) is 2. The molecule has 1 heterocycles. The Morgan fingerprint density at radius 3 is 2.55 bits per heavy atom. The van der Waals surface area contributed by atoms with E-state index in [9.17, 15) is 4.79 Å². The molecule has 0 saturated carbocycles. The van der Waals surface area contributed by atoms with Gasteiger partial charge in [-0.15, -0.1) is 0 Å². The molecule has 2 N–H and O–H groups in total. The number of rotatable bonds is 5. The molecule has 0 unspecified atom stereocenters. The largest absolute Gasteiger partial charge is 0.376 e. The lowest BCUT2D eigenvalue weighted by Gasteiger charge is -2.08. The number of nitrogens with one attached hydrogen (secondary N) is 2. The highest BCUT2D eigenvalue weighted by molar-refractivity contribution is 5.92. The van der Waals surface area contributed by atoms with Gasteiger partial charge in [0.15, 0.2) is 5.82 Å². The Kier molecular flexibility index (Phi) is 4.40. The maximum Gasteiger partial charge on any atom is 0.244 e. The molecule has 0 aliphatic carbocycles. The second kappa shape index (κ2) is 6.23. The van der Waals surface area contributed by atoms with Crippen molar-refractivity contribution in [2.45, 2.75) is 26.7 Å². The Morgan fingerprint density at radius 1 is 1.30 bits per heavy atom. The second-order valence-corrected chi connectivity index (χ2v) is 5.00. The van der Waals surface area contributed by atoms with Gasteiger partial charge in [0.05, 0.1) is 6.54 Å². The summed E-state index contributed by atoms with van der Waals surface area (Å²) >= 11 is 0. The number of aromatic nitrogens is 1. The molecule has 0 fully saturated rings. The van der Waals surface area contributed by atoms with E-state index in [1.165, 1.54) is 5.56 Å².